The first kappa shape index (κ1) is 24.6. The van der Waals surface area contributed by atoms with Gasteiger partial charge in [0.15, 0.2) is 5.78 Å². The number of hydrogen-bond acceptors (Lipinski definition) is 7. The zero-order valence-electron chi connectivity index (χ0n) is 19.9. The highest BCUT2D eigenvalue weighted by Gasteiger charge is 2.37. The van der Waals surface area contributed by atoms with E-state index in [-0.39, 0.29) is 43.1 Å². The van der Waals surface area contributed by atoms with Gasteiger partial charge >= 0.3 is 0 Å². The van der Waals surface area contributed by atoms with Crippen LogP contribution >= 0.6 is 0 Å². The zero-order valence-corrected chi connectivity index (χ0v) is 19.9. The number of fused-ring (bicyclic) bond motifs is 1. The van der Waals surface area contributed by atoms with Crippen LogP contribution in [0.15, 0.2) is 59.7 Å². The molecular formula is C26H29N3O6. The quantitative estimate of drug-likeness (QED) is 0.412. The summed E-state index contributed by atoms with van der Waals surface area (Å²) in [4.78, 5) is 44.9. The van der Waals surface area contributed by atoms with Crippen molar-refractivity contribution in [3.8, 4) is 5.75 Å². The van der Waals surface area contributed by atoms with Crippen molar-refractivity contribution in [3.05, 3.63) is 70.8 Å². The molecular weight excluding hydrogens is 450 g/mol. The number of methoxy groups -OCH3 is 2. The van der Waals surface area contributed by atoms with Crippen LogP contribution in [0.25, 0.3) is 10.9 Å². The Labute approximate surface area is 203 Å². The summed E-state index contributed by atoms with van der Waals surface area (Å²) in [7, 11) is 3.13. The first-order chi connectivity index (χ1) is 17.0. The molecule has 1 aliphatic heterocycles. The number of carbonyl (C=O) groups is 2. The molecule has 1 aromatic heterocycles. The zero-order chi connectivity index (χ0) is 24.8. The predicted octanol–water partition coefficient (Wildman–Crippen LogP) is 2.54. The van der Waals surface area contributed by atoms with E-state index in [1.807, 2.05) is 30.3 Å². The van der Waals surface area contributed by atoms with Gasteiger partial charge in [-0.1, -0.05) is 24.3 Å². The molecule has 0 saturated carbocycles. The molecule has 0 radical (unpaired) electrons. The van der Waals surface area contributed by atoms with Crippen LogP contribution < -0.4 is 10.3 Å². The van der Waals surface area contributed by atoms with Gasteiger partial charge in [-0.15, -0.1) is 0 Å². The molecule has 1 aliphatic rings. The summed E-state index contributed by atoms with van der Waals surface area (Å²) in [6.45, 7) is 0.272. The molecule has 0 spiro atoms. The van der Waals surface area contributed by atoms with E-state index in [0.717, 1.165) is 11.3 Å². The molecule has 1 fully saturated rings. The fourth-order valence-corrected chi connectivity index (χ4v) is 4.42. The number of ether oxygens (including phenoxy) is 3. The Morgan fingerprint density at radius 2 is 1.86 bits per heavy atom. The Bertz CT molecular complexity index is 1240. The minimum absolute atomic E-state index is 0.0413. The van der Waals surface area contributed by atoms with Crippen molar-refractivity contribution >= 4 is 22.6 Å². The van der Waals surface area contributed by atoms with E-state index >= 15 is 0 Å². The van der Waals surface area contributed by atoms with E-state index in [1.165, 1.54) is 18.0 Å². The summed E-state index contributed by atoms with van der Waals surface area (Å²) in [5.74, 6) is 0.497. The van der Waals surface area contributed by atoms with Gasteiger partial charge in [0.25, 0.3) is 5.56 Å². The third kappa shape index (κ3) is 5.75. The second-order valence-electron chi connectivity index (χ2n) is 8.52. The van der Waals surface area contributed by atoms with Gasteiger partial charge in [-0.2, -0.15) is 0 Å². The van der Waals surface area contributed by atoms with Gasteiger partial charge in [-0.25, -0.2) is 4.98 Å². The number of aromatic nitrogens is 2. The normalized spacial score (nSPS) is 18.1. The lowest BCUT2D eigenvalue weighted by atomic mass is 9.93. The predicted molar refractivity (Wildman–Crippen MR) is 129 cm³/mol. The second kappa shape index (κ2) is 11.2. The smallest absolute Gasteiger partial charge is 0.261 e. The van der Waals surface area contributed by atoms with Crippen LogP contribution in [-0.4, -0.2) is 59.3 Å². The first-order valence-corrected chi connectivity index (χ1v) is 11.5. The monoisotopic (exact) mass is 479 g/mol. The molecule has 3 aromatic rings. The highest BCUT2D eigenvalue weighted by Crippen LogP contribution is 2.27. The second-order valence-corrected chi connectivity index (χ2v) is 8.52. The molecule has 2 aromatic carbocycles. The minimum atomic E-state index is -0.481. The number of Topliss-reactive ketones (excluding diaryl/α,β-unsaturated/α-hetero) is 1. The molecule has 2 heterocycles. The molecule has 1 amide bonds. The number of benzene rings is 2. The van der Waals surface area contributed by atoms with E-state index in [2.05, 4.69) is 4.98 Å². The van der Waals surface area contributed by atoms with E-state index < -0.39 is 6.04 Å². The summed E-state index contributed by atoms with van der Waals surface area (Å²) in [6.07, 6.45) is 1.90. The van der Waals surface area contributed by atoms with Crippen LogP contribution in [-0.2, 0) is 32.2 Å². The SMILES string of the molecule is COCO[C@H]1CCC(=O)N(Cc2ccc(OC)cc2)[C@@H]1CC(=O)Cn1cnc2ccccc2c1=O. The van der Waals surface area contributed by atoms with Crippen LogP contribution in [0.1, 0.15) is 24.8 Å². The van der Waals surface area contributed by atoms with E-state index in [4.69, 9.17) is 14.2 Å². The van der Waals surface area contributed by atoms with Gasteiger partial charge in [0.1, 0.15) is 12.5 Å². The summed E-state index contributed by atoms with van der Waals surface area (Å²) in [5, 5.41) is 0.457. The van der Waals surface area contributed by atoms with Crippen LogP contribution in [0.4, 0.5) is 0 Å². The summed E-state index contributed by atoms with van der Waals surface area (Å²) in [5.41, 5.74) is 1.22. The van der Waals surface area contributed by atoms with Gasteiger partial charge in [0.05, 0.1) is 43.0 Å². The number of piperidine rings is 1. The fraction of sp³-hybridized carbons (Fsp3) is 0.385. The standard InChI is InChI=1S/C26H29N3O6/c1-33-17-35-24-11-12-25(31)29(14-18-7-9-20(34-2)10-8-18)23(24)13-19(30)15-28-16-27-22-6-4-3-5-21(22)26(28)32/h3-10,16,23-24H,11-15,17H2,1-2H3/t23-,24+/m1/s1. The fourth-order valence-electron chi connectivity index (χ4n) is 4.42. The largest absolute Gasteiger partial charge is 0.497 e. The van der Waals surface area contributed by atoms with Gasteiger partial charge in [-0.3, -0.25) is 19.0 Å². The van der Waals surface area contributed by atoms with Gasteiger partial charge in [0, 0.05) is 26.5 Å². The highest BCUT2D eigenvalue weighted by molar-refractivity contribution is 5.82. The van der Waals surface area contributed by atoms with E-state index in [9.17, 15) is 14.4 Å². The first-order valence-electron chi connectivity index (χ1n) is 11.5. The lowest BCUT2D eigenvalue weighted by Crippen LogP contribution is -2.53. The summed E-state index contributed by atoms with van der Waals surface area (Å²) >= 11 is 0. The number of para-hydroxylation sites is 1. The maximum absolute atomic E-state index is 13.1. The van der Waals surface area contributed by atoms with Crippen molar-refractivity contribution in [3.63, 3.8) is 0 Å². The van der Waals surface area contributed by atoms with Crippen molar-refractivity contribution < 1.29 is 23.8 Å². The van der Waals surface area contributed by atoms with Gasteiger partial charge in [-0.05, 0) is 36.2 Å². The maximum atomic E-state index is 13.1. The van der Waals surface area contributed by atoms with Crippen molar-refractivity contribution in [2.45, 2.75) is 44.5 Å². The van der Waals surface area contributed by atoms with Crippen molar-refractivity contribution in [2.75, 3.05) is 21.0 Å². The number of rotatable bonds is 10. The molecule has 0 N–H and O–H groups in total. The molecule has 0 aliphatic carbocycles. The average molecular weight is 480 g/mol. The Morgan fingerprint density at radius 1 is 1.09 bits per heavy atom. The molecule has 184 valence electrons. The number of nitrogens with zero attached hydrogens (tertiary/aromatic N) is 3. The summed E-state index contributed by atoms with van der Waals surface area (Å²) in [6, 6.07) is 14.0. The molecule has 9 heteroatoms. The van der Waals surface area contributed by atoms with E-state index in [1.54, 1.807) is 30.2 Å². The van der Waals surface area contributed by atoms with Gasteiger partial charge in [0.2, 0.25) is 5.91 Å². The topological polar surface area (TPSA) is 100.0 Å². The van der Waals surface area contributed by atoms with E-state index in [0.29, 0.717) is 30.3 Å². The molecule has 1 saturated heterocycles. The summed E-state index contributed by atoms with van der Waals surface area (Å²) < 4.78 is 17.5. The number of hydrogen-bond donors (Lipinski definition) is 0. The Morgan fingerprint density at radius 3 is 2.60 bits per heavy atom. The maximum Gasteiger partial charge on any atom is 0.261 e. The minimum Gasteiger partial charge on any atom is -0.497 e. The van der Waals surface area contributed by atoms with Crippen LogP contribution in [0.5, 0.6) is 5.75 Å². The Kier molecular flexibility index (Phi) is 7.89. The lowest BCUT2D eigenvalue weighted by molar-refractivity contribution is -0.156. The molecule has 4 rings (SSSR count). The van der Waals surface area contributed by atoms with Crippen molar-refractivity contribution in [1.82, 2.24) is 14.5 Å². The lowest BCUT2D eigenvalue weighted by Gasteiger charge is -2.40. The van der Waals surface area contributed by atoms with Crippen LogP contribution in [0, 0.1) is 0 Å². The molecule has 2 atom stereocenters. The van der Waals surface area contributed by atoms with Gasteiger partial charge < -0.3 is 19.1 Å². The van der Waals surface area contributed by atoms with Crippen LogP contribution in [0.2, 0.25) is 0 Å². The number of ketones is 1. The molecule has 35 heavy (non-hydrogen) atoms. The number of likely N-dealkylation sites (tertiary alicyclic amines) is 1. The Hall–Kier alpha value is -3.56. The van der Waals surface area contributed by atoms with Crippen LogP contribution in [0.3, 0.4) is 0 Å². The Balaban J connectivity index is 1.55. The highest BCUT2D eigenvalue weighted by atomic mass is 16.7. The molecule has 9 nitrogen and oxygen atoms in total. The number of amides is 1. The third-order valence-corrected chi connectivity index (χ3v) is 6.22. The third-order valence-electron chi connectivity index (χ3n) is 6.22. The molecule has 0 bridgehead atoms. The average Bonchev–Trinajstić information content (AvgIpc) is 2.88. The van der Waals surface area contributed by atoms with Crippen molar-refractivity contribution in [1.29, 1.82) is 0 Å². The van der Waals surface area contributed by atoms with Crippen molar-refractivity contribution in [2.24, 2.45) is 0 Å². The number of carbonyl (C=O) groups excluding carboxylic acids is 2. The molecule has 0 unspecified atom stereocenters.